The van der Waals surface area contributed by atoms with E-state index >= 15 is 0 Å². The maximum Gasteiger partial charge on any atom is 0.272 e. The molecule has 2 N–H and O–H groups in total. The van der Waals surface area contributed by atoms with Gasteiger partial charge in [-0.05, 0) is 44.6 Å². The van der Waals surface area contributed by atoms with Crippen LogP contribution in [-0.2, 0) is 17.9 Å². The van der Waals surface area contributed by atoms with Crippen LogP contribution < -0.4 is 10.6 Å². The van der Waals surface area contributed by atoms with Gasteiger partial charge in [0.25, 0.3) is 11.8 Å². The molecular formula is C25H31N5O3. The van der Waals surface area contributed by atoms with Crippen molar-refractivity contribution in [2.24, 2.45) is 0 Å². The lowest BCUT2D eigenvalue weighted by molar-refractivity contribution is -0.132. The fourth-order valence-electron chi connectivity index (χ4n) is 4.37. The molecule has 0 spiro atoms. The number of carbonyl (C=O) groups is 3. The minimum Gasteiger partial charge on any atom is -0.350 e. The molecule has 8 nitrogen and oxygen atoms in total. The molecule has 2 aliphatic rings. The Morgan fingerprint density at radius 1 is 1.15 bits per heavy atom. The quantitative estimate of drug-likeness (QED) is 0.635. The molecule has 2 heterocycles. The topological polar surface area (TPSA) is 96.3 Å². The summed E-state index contributed by atoms with van der Waals surface area (Å²) in [5.74, 6) is -0.911. The average molecular weight is 450 g/mol. The van der Waals surface area contributed by atoms with Gasteiger partial charge in [0.2, 0.25) is 5.91 Å². The van der Waals surface area contributed by atoms with Crippen molar-refractivity contribution in [1.29, 1.82) is 0 Å². The fourth-order valence-corrected chi connectivity index (χ4v) is 4.37. The molecule has 0 radical (unpaired) electrons. The van der Waals surface area contributed by atoms with Crippen molar-refractivity contribution in [3.05, 3.63) is 65.0 Å². The number of nitrogens with zero attached hydrogens (tertiary/aromatic N) is 3. The Balaban J connectivity index is 1.41. The number of hydrogen-bond acceptors (Lipinski definition) is 4. The number of rotatable bonds is 7. The molecule has 1 atom stereocenters. The van der Waals surface area contributed by atoms with Crippen LogP contribution >= 0.6 is 0 Å². The molecular weight excluding hydrogens is 418 g/mol. The lowest BCUT2D eigenvalue weighted by atomic mass is 9.96. The first-order chi connectivity index (χ1) is 15.9. The normalized spacial score (nSPS) is 20.1. The van der Waals surface area contributed by atoms with E-state index in [1.807, 2.05) is 30.3 Å². The van der Waals surface area contributed by atoms with Crippen molar-refractivity contribution >= 4 is 17.7 Å². The van der Waals surface area contributed by atoms with Crippen LogP contribution in [0.5, 0.6) is 0 Å². The zero-order valence-corrected chi connectivity index (χ0v) is 19.3. The Kier molecular flexibility index (Phi) is 6.62. The second-order valence-electron chi connectivity index (χ2n) is 8.99. The van der Waals surface area contributed by atoms with E-state index in [2.05, 4.69) is 21.8 Å². The second kappa shape index (κ2) is 9.60. The Bertz CT molecular complexity index is 1070. The maximum atomic E-state index is 13.1. The van der Waals surface area contributed by atoms with Crippen molar-refractivity contribution in [1.82, 2.24) is 25.3 Å². The van der Waals surface area contributed by atoms with E-state index in [1.165, 1.54) is 34.1 Å². The molecule has 174 valence electrons. The predicted molar refractivity (Wildman–Crippen MR) is 125 cm³/mol. The van der Waals surface area contributed by atoms with Gasteiger partial charge in [0, 0.05) is 26.2 Å². The highest BCUT2D eigenvalue weighted by Crippen LogP contribution is 2.26. The van der Waals surface area contributed by atoms with Gasteiger partial charge in [-0.2, -0.15) is 5.10 Å². The molecule has 33 heavy (non-hydrogen) atoms. The number of fused-ring (bicyclic) bond motifs is 1. The van der Waals surface area contributed by atoms with E-state index in [1.54, 1.807) is 14.0 Å². The average Bonchev–Trinajstić information content (AvgIpc) is 3.26. The summed E-state index contributed by atoms with van der Waals surface area (Å²) in [4.78, 5) is 40.1. The molecule has 1 aromatic heterocycles. The Labute approximate surface area is 194 Å². The third kappa shape index (κ3) is 4.84. The van der Waals surface area contributed by atoms with Crippen molar-refractivity contribution in [3.63, 3.8) is 0 Å². The molecule has 0 saturated heterocycles. The smallest absolute Gasteiger partial charge is 0.272 e. The van der Waals surface area contributed by atoms with Crippen molar-refractivity contribution in [3.8, 4) is 0 Å². The summed E-state index contributed by atoms with van der Waals surface area (Å²) in [6.45, 7) is 2.80. The van der Waals surface area contributed by atoms with Gasteiger partial charge in [-0.1, -0.05) is 42.0 Å². The third-order valence-electron chi connectivity index (χ3n) is 6.64. The molecule has 1 aromatic carbocycles. The largest absolute Gasteiger partial charge is 0.350 e. The predicted octanol–water partition coefficient (Wildman–Crippen LogP) is 2.66. The first-order valence-electron chi connectivity index (χ1n) is 11.5. The molecule has 8 heteroatoms. The highest BCUT2D eigenvalue weighted by Gasteiger charge is 2.46. The number of hydrogen-bond donors (Lipinski definition) is 2. The highest BCUT2D eigenvalue weighted by atomic mass is 16.2. The Morgan fingerprint density at radius 3 is 2.67 bits per heavy atom. The van der Waals surface area contributed by atoms with Crippen LogP contribution in [-0.4, -0.2) is 51.5 Å². The van der Waals surface area contributed by atoms with Crippen LogP contribution in [0.4, 0.5) is 0 Å². The lowest BCUT2D eigenvalue weighted by Gasteiger charge is -2.40. The third-order valence-corrected chi connectivity index (χ3v) is 6.64. The van der Waals surface area contributed by atoms with Crippen LogP contribution in [0.15, 0.2) is 48.0 Å². The van der Waals surface area contributed by atoms with Crippen molar-refractivity contribution < 1.29 is 14.4 Å². The molecule has 3 amide bonds. The van der Waals surface area contributed by atoms with Gasteiger partial charge in [-0.25, -0.2) is 0 Å². The van der Waals surface area contributed by atoms with Gasteiger partial charge >= 0.3 is 0 Å². The van der Waals surface area contributed by atoms with Crippen LogP contribution in [0.2, 0.25) is 0 Å². The number of aromatic nitrogens is 2. The summed E-state index contributed by atoms with van der Waals surface area (Å²) in [6, 6.07) is 11.1. The zero-order valence-electron chi connectivity index (χ0n) is 19.3. The van der Waals surface area contributed by atoms with Crippen LogP contribution in [0.1, 0.15) is 65.6 Å². The van der Waals surface area contributed by atoms with Gasteiger partial charge in [-0.3, -0.25) is 19.1 Å². The number of carbonyl (C=O) groups excluding carboxylic acids is 3. The van der Waals surface area contributed by atoms with E-state index < -0.39 is 5.54 Å². The summed E-state index contributed by atoms with van der Waals surface area (Å²) < 4.78 is 1.48. The fraction of sp³-hybridized carbons (Fsp3) is 0.440. The monoisotopic (exact) mass is 449 g/mol. The summed E-state index contributed by atoms with van der Waals surface area (Å²) in [7, 11) is 1.61. The van der Waals surface area contributed by atoms with E-state index in [4.69, 9.17) is 0 Å². The number of nitrogens with one attached hydrogen (secondary N) is 2. The van der Waals surface area contributed by atoms with Gasteiger partial charge in [0.1, 0.15) is 11.2 Å². The van der Waals surface area contributed by atoms with Crippen LogP contribution in [0.3, 0.4) is 0 Å². The molecule has 1 unspecified atom stereocenters. The zero-order chi connectivity index (χ0) is 23.4. The van der Waals surface area contributed by atoms with Crippen molar-refractivity contribution in [2.75, 3.05) is 13.6 Å². The summed E-state index contributed by atoms with van der Waals surface area (Å²) in [6.07, 6.45) is 7.76. The number of amides is 3. The summed E-state index contributed by atoms with van der Waals surface area (Å²) >= 11 is 0. The maximum absolute atomic E-state index is 13.1. The van der Waals surface area contributed by atoms with Gasteiger partial charge in [0.15, 0.2) is 5.69 Å². The van der Waals surface area contributed by atoms with Gasteiger partial charge in [0.05, 0.1) is 6.54 Å². The SMILES string of the molecule is CN1C(=O)c2cc(C(=O)NCCC3=CCCCC3)nn2CC1(C)C(=O)NCc1ccccc1. The molecule has 1 aliphatic carbocycles. The van der Waals surface area contributed by atoms with Crippen molar-refractivity contribution in [2.45, 2.75) is 57.7 Å². The second-order valence-corrected chi connectivity index (χ2v) is 8.99. The van der Waals surface area contributed by atoms with Crippen LogP contribution in [0, 0.1) is 0 Å². The molecule has 0 saturated carbocycles. The van der Waals surface area contributed by atoms with E-state index in [0.29, 0.717) is 18.8 Å². The molecule has 0 fully saturated rings. The van der Waals surface area contributed by atoms with Crippen LogP contribution in [0.25, 0.3) is 0 Å². The van der Waals surface area contributed by atoms with E-state index in [9.17, 15) is 14.4 Å². The number of likely N-dealkylation sites (N-methyl/N-ethyl adjacent to an activating group) is 1. The first kappa shape index (κ1) is 22.8. The minimum atomic E-state index is -1.12. The van der Waals surface area contributed by atoms with E-state index in [0.717, 1.165) is 24.8 Å². The molecule has 4 rings (SSSR count). The van der Waals surface area contributed by atoms with Gasteiger partial charge < -0.3 is 15.5 Å². The Morgan fingerprint density at radius 2 is 1.94 bits per heavy atom. The number of benzene rings is 1. The van der Waals surface area contributed by atoms with E-state index in [-0.39, 0.29) is 30.0 Å². The minimum absolute atomic E-state index is 0.172. The lowest BCUT2D eigenvalue weighted by Crippen LogP contribution is -2.62. The number of allylic oxidation sites excluding steroid dienone is 1. The highest BCUT2D eigenvalue weighted by molar-refractivity contribution is 6.01. The standard InChI is InChI=1S/C25H31N5O3/c1-25(24(33)27-16-19-11-7-4-8-12-19)17-30-21(23(32)29(25)2)15-20(28-30)22(31)26-14-13-18-9-5-3-6-10-18/h4,7-9,11-12,15H,3,5-6,10,13-14,16-17H2,1-2H3,(H,26,31)(H,27,33). The summed E-state index contributed by atoms with van der Waals surface area (Å²) in [5, 5.41) is 10.2. The summed E-state index contributed by atoms with van der Waals surface area (Å²) in [5.41, 5.74) is 1.75. The Hall–Kier alpha value is -3.42. The molecule has 0 bridgehead atoms. The first-order valence-corrected chi connectivity index (χ1v) is 11.5. The molecule has 1 aliphatic heterocycles. The molecule has 2 aromatic rings. The van der Waals surface area contributed by atoms with Gasteiger partial charge in [-0.15, -0.1) is 0 Å².